The lowest BCUT2D eigenvalue weighted by atomic mass is 10.0. The van der Waals surface area contributed by atoms with E-state index >= 15 is 0 Å². The van der Waals surface area contributed by atoms with E-state index in [-0.39, 0.29) is 16.5 Å². The van der Waals surface area contributed by atoms with Crippen molar-refractivity contribution < 1.29 is 19.4 Å². The van der Waals surface area contributed by atoms with E-state index in [0.717, 1.165) is 0 Å². The van der Waals surface area contributed by atoms with Crippen LogP contribution in [0, 0.1) is 12.7 Å². The van der Waals surface area contributed by atoms with Crippen LogP contribution in [-0.4, -0.2) is 22.2 Å². The fraction of sp³-hybridized carbons (Fsp3) is 0.300. The second-order valence-electron chi connectivity index (χ2n) is 3.48. The Kier molecular flexibility index (Phi) is 3.88. The number of rotatable bonds is 3. The van der Waals surface area contributed by atoms with Crippen molar-refractivity contribution in [3.63, 3.8) is 0 Å². The second-order valence-corrected chi connectivity index (χ2v) is 4.27. The van der Waals surface area contributed by atoms with E-state index < -0.39 is 23.6 Å². The lowest BCUT2D eigenvalue weighted by molar-refractivity contribution is -0.138. The number of carboxylic acids is 1. The third kappa shape index (κ3) is 2.51. The van der Waals surface area contributed by atoms with E-state index in [1.807, 2.05) is 0 Å². The molecule has 0 aliphatic heterocycles. The van der Waals surface area contributed by atoms with E-state index in [1.165, 1.54) is 6.07 Å². The molecule has 4 nitrogen and oxygen atoms in total. The van der Waals surface area contributed by atoms with Crippen LogP contribution >= 0.6 is 15.9 Å². The molecule has 0 aromatic heterocycles. The first kappa shape index (κ1) is 12.9. The Balaban J connectivity index is 3.11. The average Bonchev–Trinajstić information content (AvgIpc) is 2.22. The Hall–Kier alpha value is -1.14. The van der Waals surface area contributed by atoms with Crippen molar-refractivity contribution in [1.29, 1.82) is 0 Å². The van der Waals surface area contributed by atoms with Crippen LogP contribution in [-0.2, 0) is 11.2 Å². The third-order valence-corrected chi connectivity index (χ3v) is 3.19. The highest BCUT2D eigenvalue weighted by atomic mass is 79.9. The average molecular weight is 292 g/mol. The summed E-state index contributed by atoms with van der Waals surface area (Å²) in [5, 5.41) is 18.0. The summed E-state index contributed by atoms with van der Waals surface area (Å²) in [6.07, 6.45) is -0.164. The molecule has 0 bridgehead atoms. The van der Waals surface area contributed by atoms with Gasteiger partial charge in [0.15, 0.2) is 11.6 Å². The molecule has 0 amide bonds. The van der Waals surface area contributed by atoms with Crippen molar-refractivity contribution in [3.8, 4) is 5.75 Å². The molecule has 1 atom stereocenters. The minimum atomic E-state index is -1.21. The predicted molar refractivity (Wildman–Crippen MR) is 59.8 cm³/mol. The van der Waals surface area contributed by atoms with E-state index in [0.29, 0.717) is 5.56 Å². The number of hydrogen-bond acceptors (Lipinski definition) is 3. The molecule has 1 aromatic carbocycles. The molecule has 0 radical (unpaired) electrons. The van der Waals surface area contributed by atoms with E-state index in [2.05, 4.69) is 15.9 Å². The fourth-order valence-corrected chi connectivity index (χ4v) is 1.58. The molecule has 0 aliphatic carbocycles. The summed E-state index contributed by atoms with van der Waals surface area (Å²) in [7, 11) is 0. The Bertz CT molecular complexity index is 437. The van der Waals surface area contributed by atoms with Gasteiger partial charge in [0.1, 0.15) is 6.04 Å². The first-order valence-electron chi connectivity index (χ1n) is 4.49. The lowest BCUT2D eigenvalue weighted by Crippen LogP contribution is -2.32. The normalized spacial score (nSPS) is 12.5. The Morgan fingerprint density at radius 1 is 1.69 bits per heavy atom. The summed E-state index contributed by atoms with van der Waals surface area (Å²) in [6, 6.07) is 0.275. The maximum Gasteiger partial charge on any atom is 0.320 e. The van der Waals surface area contributed by atoms with Crippen LogP contribution in [0.1, 0.15) is 11.1 Å². The highest BCUT2D eigenvalue weighted by Gasteiger charge is 2.19. The SMILES string of the molecule is Cc1cc(CC(N)C(=O)O)c(F)c(O)c1Br. The number of benzene rings is 1. The number of hydrogen-bond donors (Lipinski definition) is 3. The molecule has 0 saturated carbocycles. The molecule has 1 aromatic rings. The minimum Gasteiger partial charge on any atom is -0.504 e. The number of phenolic OH excluding ortho intramolecular Hbond substituents is 1. The zero-order valence-electron chi connectivity index (χ0n) is 8.50. The van der Waals surface area contributed by atoms with Gasteiger partial charge in [0.25, 0.3) is 0 Å². The van der Waals surface area contributed by atoms with Crippen molar-refractivity contribution >= 4 is 21.9 Å². The van der Waals surface area contributed by atoms with Crippen LogP contribution in [0.2, 0.25) is 0 Å². The molecule has 0 aliphatic rings. The van der Waals surface area contributed by atoms with Crippen LogP contribution in [0.4, 0.5) is 4.39 Å². The number of aryl methyl sites for hydroxylation is 1. The van der Waals surface area contributed by atoms with Crippen molar-refractivity contribution in [2.75, 3.05) is 0 Å². The highest BCUT2D eigenvalue weighted by molar-refractivity contribution is 9.10. The van der Waals surface area contributed by atoms with Crippen LogP contribution in [0.5, 0.6) is 5.75 Å². The second kappa shape index (κ2) is 4.80. The van der Waals surface area contributed by atoms with Gasteiger partial charge in [-0.3, -0.25) is 4.79 Å². The van der Waals surface area contributed by atoms with Crippen molar-refractivity contribution in [3.05, 3.63) is 27.5 Å². The summed E-state index contributed by atoms with van der Waals surface area (Å²) < 4.78 is 13.8. The number of carbonyl (C=O) groups is 1. The molecule has 0 saturated heterocycles. The molecule has 6 heteroatoms. The largest absolute Gasteiger partial charge is 0.504 e. The Morgan fingerprint density at radius 3 is 2.75 bits per heavy atom. The van der Waals surface area contributed by atoms with Crippen LogP contribution in [0.25, 0.3) is 0 Å². The standard InChI is InChI=1S/C10H11BrFNO3/c1-4-2-5(3-6(13)10(15)16)8(12)9(14)7(4)11/h2,6,14H,3,13H2,1H3,(H,15,16). The molecule has 0 spiro atoms. The summed E-state index contributed by atoms with van der Waals surface area (Å²) in [5.74, 6) is -2.57. The van der Waals surface area contributed by atoms with Crippen molar-refractivity contribution in [1.82, 2.24) is 0 Å². The van der Waals surface area contributed by atoms with Gasteiger partial charge in [-0.2, -0.15) is 0 Å². The molecular formula is C10H11BrFNO3. The summed E-state index contributed by atoms with van der Waals surface area (Å²) in [4.78, 5) is 10.5. The van der Waals surface area contributed by atoms with Gasteiger partial charge in [-0.15, -0.1) is 0 Å². The van der Waals surface area contributed by atoms with Crippen molar-refractivity contribution in [2.24, 2.45) is 5.73 Å². The number of halogens is 2. The smallest absolute Gasteiger partial charge is 0.320 e. The van der Waals surface area contributed by atoms with Gasteiger partial charge in [0, 0.05) is 6.42 Å². The quantitative estimate of drug-likeness (QED) is 0.789. The summed E-state index contributed by atoms with van der Waals surface area (Å²) in [5.41, 5.74) is 6.00. The Morgan fingerprint density at radius 2 is 2.25 bits per heavy atom. The summed E-state index contributed by atoms with van der Waals surface area (Å²) >= 11 is 3.02. The maximum atomic E-state index is 13.5. The molecule has 0 heterocycles. The van der Waals surface area contributed by atoms with Gasteiger partial charge in [-0.05, 0) is 34.0 Å². The Labute approximate surface area is 100 Å². The molecule has 1 rings (SSSR count). The molecule has 88 valence electrons. The van der Waals surface area contributed by atoms with Gasteiger partial charge in [0.05, 0.1) is 4.47 Å². The molecule has 0 fully saturated rings. The van der Waals surface area contributed by atoms with Crippen LogP contribution in [0.15, 0.2) is 10.5 Å². The lowest BCUT2D eigenvalue weighted by Gasteiger charge is -2.11. The van der Waals surface area contributed by atoms with Gasteiger partial charge in [0.2, 0.25) is 0 Å². The first-order valence-corrected chi connectivity index (χ1v) is 5.28. The first-order chi connectivity index (χ1) is 7.34. The number of carboxylic acid groups (broad SMARTS) is 1. The predicted octanol–water partition coefficient (Wildman–Crippen LogP) is 1.56. The van der Waals surface area contributed by atoms with E-state index in [4.69, 9.17) is 10.8 Å². The van der Waals surface area contributed by atoms with Crippen LogP contribution in [0.3, 0.4) is 0 Å². The number of aliphatic carboxylic acids is 1. The summed E-state index contributed by atoms with van der Waals surface area (Å²) in [6.45, 7) is 1.67. The molecule has 4 N–H and O–H groups in total. The zero-order chi connectivity index (χ0) is 12.5. The topological polar surface area (TPSA) is 83.6 Å². The van der Waals surface area contributed by atoms with Gasteiger partial charge in [-0.25, -0.2) is 4.39 Å². The molecular weight excluding hydrogens is 281 g/mol. The van der Waals surface area contributed by atoms with Gasteiger partial charge < -0.3 is 15.9 Å². The monoisotopic (exact) mass is 291 g/mol. The maximum absolute atomic E-state index is 13.5. The number of phenols is 1. The number of aromatic hydroxyl groups is 1. The van der Waals surface area contributed by atoms with Crippen molar-refractivity contribution in [2.45, 2.75) is 19.4 Å². The highest BCUT2D eigenvalue weighted by Crippen LogP contribution is 2.32. The minimum absolute atomic E-state index is 0.0908. The van der Waals surface area contributed by atoms with E-state index in [1.54, 1.807) is 6.92 Å². The molecule has 1 unspecified atom stereocenters. The third-order valence-electron chi connectivity index (χ3n) is 2.19. The van der Waals surface area contributed by atoms with Gasteiger partial charge in [-0.1, -0.05) is 6.07 Å². The van der Waals surface area contributed by atoms with E-state index in [9.17, 15) is 14.3 Å². The van der Waals surface area contributed by atoms with Crippen LogP contribution < -0.4 is 5.73 Å². The fourth-order valence-electron chi connectivity index (χ4n) is 1.30. The number of nitrogens with two attached hydrogens (primary N) is 1. The van der Waals surface area contributed by atoms with Gasteiger partial charge >= 0.3 is 5.97 Å². The zero-order valence-corrected chi connectivity index (χ0v) is 10.1. The molecule has 16 heavy (non-hydrogen) atoms.